The number of thiophene rings is 1. The second kappa shape index (κ2) is 11.6. The predicted molar refractivity (Wildman–Crippen MR) is 223 cm³/mol. The van der Waals surface area contributed by atoms with Gasteiger partial charge in [-0.1, -0.05) is 132 Å². The minimum Gasteiger partial charge on any atom is -0.309 e. The molecule has 0 aliphatic carbocycles. The zero-order valence-electron chi connectivity index (χ0n) is 32.6. The van der Waals surface area contributed by atoms with Gasteiger partial charge in [0, 0.05) is 30.9 Å². The van der Waals surface area contributed by atoms with Gasteiger partial charge in [-0.15, -0.1) is 11.3 Å². The predicted octanol–water partition coefficient (Wildman–Crippen LogP) is 14.6. The van der Waals surface area contributed by atoms with E-state index in [9.17, 15) is 0 Å². The van der Waals surface area contributed by atoms with Crippen LogP contribution in [0.15, 0.2) is 84.9 Å². The number of rotatable bonds is 3. The molecule has 258 valence electrons. The minimum absolute atomic E-state index is 0.0542. The number of hydrogen-bond donors (Lipinski definition) is 0. The Balaban J connectivity index is 1.58. The van der Waals surface area contributed by atoms with Crippen molar-refractivity contribution in [2.45, 2.75) is 118 Å². The second-order valence-corrected chi connectivity index (χ2v) is 19.8. The summed E-state index contributed by atoms with van der Waals surface area (Å²) in [5.74, 6) is 0. The molecule has 0 aliphatic rings. The first-order valence-corrected chi connectivity index (χ1v) is 19.3. The highest BCUT2D eigenvalue weighted by molar-refractivity contribution is 7.26. The highest BCUT2D eigenvalue weighted by atomic mass is 32.1. The first kappa shape index (κ1) is 34.6. The highest BCUT2D eigenvalue weighted by Crippen LogP contribution is 2.46. The van der Waals surface area contributed by atoms with Gasteiger partial charge in [0.05, 0.1) is 16.7 Å². The largest absolute Gasteiger partial charge is 0.309 e. The molecular weight excluding hydrogens is 623 g/mol. The lowest BCUT2D eigenvalue weighted by molar-refractivity contribution is 0.569. The quantitative estimate of drug-likeness (QED) is 0.175. The molecule has 0 bridgehead atoms. The molecule has 0 amide bonds. The molecule has 7 aromatic rings. The Morgan fingerprint density at radius 2 is 1.00 bits per heavy atom. The molecule has 0 unspecified atom stereocenters. The number of fused-ring (bicyclic) bond motifs is 6. The molecule has 0 aliphatic heterocycles. The fraction of sp³-hybridized carbons (Fsp3) is 0.375. The van der Waals surface area contributed by atoms with Crippen molar-refractivity contribution in [2.75, 3.05) is 0 Å². The van der Waals surface area contributed by atoms with E-state index in [0.717, 1.165) is 6.42 Å². The van der Waals surface area contributed by atoms with Crippen LogP contribution in [0.3, 0.4) is 0 Å². The van der Waals surface area contributed by atoms with Crippen molar-refractivity contribution in [1.29, 1.82) is 0 Å². The van der Waals surface area contributed by atoms with E-state index in [2.05, 4.69) is 180 Å². The molecule has 0 saturated carbocycles. The molecule has 50 heavy (non-hydrogen) atoms. The summed E-state index contributed by atoms with van der Waals surface area (Å²) in [6.07, 6.45) is 0.948. The van der Waals surface area contributed by atoms with E-state index >= 15 is 0 Å². The van der Waals surface area contributed by atoms with Crippen LogP contribution in [0.2, 0.25) is 0 Å². The Morgan fingerprint density at radius 3 is 1.48 bits per heavy atom. The number of benzene rings is 5. The van der Waals surface area contributed by atoms with E-state index in [4.69, 9.17) is 0 Å². The Morgan fingerprint density at radius 1 is 0.500 bits per heavy atom. The average molecular weight is 678 g/mol. The van der Waals surface area contributed by atoms with Gasteiger partial charge in [-0.25, -0.2) is 0 Å². The van der Waals surface area contributed by atoms with Crippen molar-refractivity contribution < 1.29 is 0 Å². The van der Waals surface area contributed by atoms with Gasteiger partial charge >= 0.3 is 0 Å². The summed E-state index contributed by atoms with van der Waals surface area (Å²) in [5.41, 5.74) is 13.7. The monoisotopic (exact) mass is 677 g/mol. The summed E-state index contributed by atoms with van der Waals surface area (Å²) in [6.45, 7) is 30.3. The molecular formula is C48H55NS. The van der Waals surface area contributed by atoms with E-state index in [0.29, 0.717) is 0 Å². The van der Waals surface area contributed by atoms with Crippen LogP contribution in [0, 0.1) is 0 Å². The van der Waals surface area contributed by atoms with Gasteiger partial charge in [-0.05, 0) is 109 Å². The summed E-state index contributed by atoms with van der Waals surface area (Å²) >= 11 is 1.93. The molecule has 1 nitrogen and oxygen atoms in total. The molecule has 0 N–H and O–H groups in total. The molecule has 2 heteroatoms. The molecule has 7 rings (SSSR count). The molecule has 0 atom stereocenters. The number of hydrogen-bond acceptors (Lipinski definition) is 1. The molecule has 2 aromatic heterocycles. The fourth-order valence-corrected chi connectivity index (χ4v) is 8.80. The van der Waals surface area contributed by atoms with Crippen molar-refractivity contribution in [1.82, 2.24) is 4.57 Å². The van der Waals surface area contributed by atoms with Crippen LogP contribution in [-0.4, -0.2) is 4.57 Å². The second-order valence-electron chi connectivity index (χ2n) is 18.7. The lowest BCUT2D eigenvalue weighted by Gasteiger charge is -2.26. The third-order valence-electron chi connectivity index (χ3n) is 10.8. The van der Waals surface area contributed by atoms with Gasteiger partial charge in [-0.2, -0.15) is 0 Å². The molecule has 2 heterocycles. The molecule has 0 saturated heterocycles. The molecule has 0 radical (unpaired) electrons. The summed E-state index contributed by atoms with van der Waals surface area (Å²) in [4.78, 5) is 0. The number of aromatic nitrogens is 1. The number of nitrogens with zero attached hydrogens (tertiary/aromatic N) is 1. The molecule has 0 spiro atoms. The van der Waals surface area contributed by atoms with E-state index in [1.165, 1.54) is 86.6 Å². The van der Waals surface area contributed by atoms with Crippen LogP contribution in [0.4, 0.5) is 0 Å². The van der Waals surface area contributed by atoms with Gasteiger partial charge < -0.3 is 4.57 Å². The Labute approximate surface area is 304 Å². The van der Waals surface area contributed by atoms with E-state index in [1.807, 2.05) is 11.3 Å². The molecule has 0 fully saturated rings. The van der Waals surface area contributed by atoms with Gasteiger partial charge in [-0.3, -0.25) is 0 Å². The van der Waals surface area contributed by atoms with Gasteiger partial charge in [0.25, 0.3) is 0 Å². The maximum absolute atomic E-state index is 2.56. The third-order valence-corrected chi connectivity index (χ3v) is 11.9. The van der Waals surface area contributed by atoms with Gasteiger partial charge in [0.15, 0.2) is 0 Å². The van der Waals surface area contributed by atoms with Gasteiger partial charge in [0.1, 0.15) is 0 Å². The van der Waals surface area contributed by atoms with Crippen LogP contribution in [-0.2, 0) is 28.1 Å². The Kier molecular flexibility index (Phi) is 8.00. The average Bonchev–Trinajstić information content (AvgIpc) is 3.57. The lowest BCUT2D eigenvalue weighted by Crippen LogP contribution is -2.16. The van der Waals surface area contributed by atoms with Crippen LogP contribution >= 0.6 is 11.3 Å². The third kappa shape index (κ3) is 5.78. The van der Waals surface area contributed by atoms with Crippen LogP contribution in [0.5, 0.6) is 0 Å². The lowest BCUT2D eigenvalue weighted by atomic mass is 9.78. The summed E-state index contributed by atoms with van der Waals surface area (Å²) < 4.78 is 5.28. The molecule has 5 aromatic carbocycles. The van der Waals surface area contributed by atoms with Crippen molar-refractivity contribution in [3.05, 3.63) is 113 Å². The van der Waals surface area contributed by atoms with Crippen LogP contribution in [0.1, 0.15) is 118 Å². The fourth-order valence-electron chi connectivity index (χ4n) is 7.64. The van der Waals surface area contributed by atoms with E-state index in [-0.39, 0.29) is 21.7 Å². The number of aryl methyl sites for hydroxylation is 1. The topological polar surface area (TPSA) is 4.93 Å². The van der Waals surface area contributed by atoms with Crippen LogP contribution in [0.25, 0.3) is 58.8 Å². The highest BCUT2D eigenvalue weighted by Gasteiger charge is 2.25. The van der Waals surface area contributed by atoms with E-state index in [1.54, 1.807) is 0 Å². The van der Waals surface area contributed by atoms with Crippen molar-refractivity contribution in [2.24, 2.45) is 0 Å². The zero-order chi connectivity index (χ0) is 36.1. The SMILES string of the molecule is CCc1c(-n2c3ccc(C(C)(C)C)cc3c3cc(C(C)(C)C)ccc32)ccc2sc3cccc(-c4cc(C(C)(C)C)cc(C(C)(C)C)c4)c3c12. The summed E-state index contributed by atoms with van der Waals surface area (Å²) in [6, 6.07) is 33.4. The smallest absolute Gasteiger partial charge is 0.0541 e. The first-order chi connectivity index (χ1) is 23.3. The van der Waals surface area contributed by atoms with Gasteiger partial charge in [0.2, 0.25) is 0 Å². The summed E-state index contributed by atoms with van der Waals surface area (Å²) in [5, 5.41) is 5.48. The maximum Gasteiger partial charge on any atom is 0.0541 e. The first-order valence-electron chi connectivity index (χ1n) is 18.5. The minimum atomic E-state index is 0.0542. The van der Waals surface area contributed by atoms with Crippen molar-refractivity contribution >= 4 is 53.3 Å². The van der Waals surface area contributed by atoms with E-state index < -0.39 is 0 Å². The Hall–Kier alpha value is -3.88. The van der Waals surface area contributed by atoms with Crippen molar-refractivity contribution in [3.63, 3.8) is 0 Å². The van der Waals surface area contributed by atoms with Crippen molar-refractivity contribution in [3.8, 4) is 16.8 Å². The Bertz CT molecular complexity index is 2330. The summed E-state index contributed by atoms with van der Waals surface area (Å²) in [7, 11) is 0. The normalized spacial score (nSPS) is 13.4. The standard InChI is InChI=1S/C48H55NS/c1-14-34-38(49-39-20-18-30(45(2,3)4)27-36(39)37-28-31(46(5,6)7)19-21-40(37)49)22-23-42-43(34)44-35(16-15-17-41(44)50-42)29-24-32(47(8,9)10)26-33(25-29)48(11,12)13/h15-28H,14H2,1-13H3. The zero-order valence-corrected chi connectivity index (χ0v) is 33.5. The van der Waals surface area contributed by atoms with Crippen LogP contribution < -0.4 is 0 Å². The maximum atomic E-state index is 2.56.